The zero-order chi connectivity index (χ0) is 27.9. The Labute approximate surface area is 244 Å². The van der Waals surface area contributed by atoms with Crippen LogP contribution in [0.25, 0.3) is 0 Å². The van der Waals surface area contributed by atoms with E-state index in [1.165, 1.54) is 44.5 Å². The standard InChI is InChI=1S/C40H26O2/c41-39(35-21-33-25-9-1-5-13-29(25)37(35)30-14-6-2-10-26(30)33)23-17-19-24(20-18-23)40(42)36-22-34-27-11-3-7-15-31(27)38(36)32-16-8-4-12-28(32)34/h1-22,33-34,37-38H. The maximum Gasteiger partial charge on any atom is 0.189 e. The van der Waals surface area contributed by atoms with Crippen LogP contribution >= 0.6 is 0 Å². The number of rotatable bonds is 4. The molecule has 198 valence electrons. The molecule has 0 saturated heterocycles. The molecule has 0 N–H and O–H groups in total. The average molecular weight is 539 g/mol. The van der Waals surface area contributed by atoms with Crippen LogP contribution in [0.3, 0.4) is 0 Å². The predicted octanol–water partition coefficient (Wildman–Crippen LogP) is 8.49. The average Bonchev–Trinajstić information content (AvgIpc) is 3.07. The lowest BCUT2D eigenvalue weighted by Gasteiger charge is -2.39. The minimum atomic E-state index is -0.0701. The van der Waals surface area contributed by atoms with Crippen LogP contribution in [0.2, 0.25) is 0 Å². The summed E-state index contributed by atoms with van der Waals surface area (Å²) in [6, 6.07) is 41.3. The second-order valence-corrected chi connectivity index (χ2v) is 11.8. The molecule has 6 aliphatic carbocycles. The number of carbonyl (C=O) groups excluding carboxylic acids is 2. The second-order valence-electron chi connectivity index (χ2n) is 11.8. The monoisotopic (exact) mass is 538 g/mol. The van der Waals surface area contributed by atoms with Crippen LogP contribution in [0.4, 0.5) is 0 Å². The van der Waals surface area contributed by atoms with Gasteiger partial charge in [-0.05, 0) is 44.5 Å². The van der Waals surface area contributed by atoms with E-state index in [2.05, 4.69) is 109 Å². The van der Waals surface area contributed by atoms with Crippen LogP contribution in [-0.4, -0.2) is 11.6 Å². The van der Waals surface area contributed by atoms with Crippen molar-refractivity contribution in [2.24, 2.45) is 0 Å². The van der Waals surface area contributed by atoms with E-state index >= 15 is 0 Å². The summed E-state index contributed by atoms with van der Waals surface area (Å²) >= 11 is 0. The van der Waals surface area contributed by atoms with E-state index in [4.69, 9.17) is 0 Å². The Hall–Kier alpha value is -5.08. The SMILES string of the molecule is O=C(C1=CC2c3ccccc3C1c1ccccc12)c1ccc(C(=O)C2=CC3c4ccccc4C2c2ccccc23)cc1. The maximum absolute atomic E-state index is 14.0. The largest absolute Gasteiger partial charge is 0.289 e. The first-order chi connectivity index (χ1) is 20.7. The second kappa shape index (κ2) is 8.71. The first kappa shape index (κ1) is 23.6. The Bertz CT molecular complexity index is 1800. The van der Waals surface area contributed by atoms with Crippen LogP contribution in [0.5, 0.6) is 0 Å². The third-order valence-corrected chi connectivity index (χ3v) is 9.82. The molecular formula is C40H26O2. The van der Waals surface area contributed by atoms with Gasteiger partial charge in [0, 0.05) is 45.9 Å². The Kier molecular flexibility index (Phi) is 4.90. The minimum Gasteiger partial charge on any atom is -0.289 e. The van der Waals surface area contributed by atoms with Gasteiger partial charge < -0.3 is 0 Å². The van der Waals surface area contributed by atoms with Crippen molar-refractivity contribution in [3.8, 4) is 0 Å². The molecule has 6 aliphatic rings. The summed E-state index contributed by atoms with van der Waals surface area (Å²) in [5, 5.41) is 0. The number of allylic oxidation sites excluding steroid dienone is 4. The van der Waals surface area contributed by atoms with Crippen molar-refractivity contribution in [2.45, 2.75) is 23.7 Å². The maximum atomic E-state index is 14.0. The van der Waals surface area contributed by atoms with E-state index in [1.807, 2.05) is 24.3 Å². The topological polar surface area (TPSA) is 34.1 Å². The van der Waals surface area contributed by atoms with Crippen LogP contribution in [-0.2, 0) is 0 Å². The van der Waals surface area contributed by atoms with E-state index in [9.17, 15) is 9.59 Å². The summed E-state index contributed by atoms with van der Waals surface area (Å²) in [5.41, 5.74) is 12.9. The molecule has 0 spiro atoms. The fourth-order valence-electron chi connectivity index (χ4n) is 8.00. The van der Waals surface area contributed by atoms with E-state index in [0.29, 0.717) is 11.1 Å². The molecule has 42 heavy (non-hydrogen) atoms. The van der Waals surface area contributed by atoms with Crippen molar-refractivity contribution >= 4 is 11.6 Å². The van der Waals surface area contributed by atoms with Crippen molar-refractivity contribution < 1.29 is 9.59 Å². The zero-order valence-corrected chi connectivity index (χ0v) is 22.8. The molecule has 2 nitrogen and oxygen atoms in total. The number of carbonyl (C=O) groups is 2. The van der Waals surface area contributed by atoms with Gasteiger partial charge in [0.05, 0.1) is 0 Å². The molecule has 0 fully saturated rings. The number of hydrogen-bond acceptors (Lipinski definition) is 2. The Balaban J connectivity index is 1.05. The van der Waals surface area contributed by atoms with Gasteiger partial charge in [-0.15, -0.1) is 0 Å². The van der Waals surface area contributed by atoms with E-state index in [1.54, 1.807) is 0 Å². The highest BCUT2D eigenvalue weighted by atomic mass is 16.1. The summed E-state index contributed by atoms with van der Waals surface area (Å²) in [6.45, 7) is 0. The number of Topliss-reactive ketones (excluding diaryl/α,β-unsaturated/α-hetero) is 2. The lowest BCUT2D eigenvalue weighted by molar-refractivity contribution is 0.101. The molecule has 4 bridgehead atoms. The molecule has 11 rings (SSSR count). The van der Waals surface area contributed by atoms with E-state index in [0.717, 1.165) is 11.1 Å². The quantitative estimate of drug-likeness (QED) is 0.215. The van der Waals surface area contributed by atoms with E-state index in [-0.39, 0.29) is 35.2 Å². The van der Waals surface area contributed by atoms with Crippen molar-refractivity contribution in [3.63, 3.8) is 0 Å². The van der Waals surface area contributed by atoms with Gasteiger partial charge in [0.1, 0.15) is 0 Å². The van der Waals surface area contributed by atoms with Crippen molar-refractivity contribution in [1.82, 2.24) is 0 Å². The number of benzene rings is 5. The molecule has 5 aromatic rings. The van der Waals surface area contributed by atoms with Gasteiger partial charge in [0.2, 0.25) is 0 Å². The van der Waals surface area contributed by atoms with Gasteiger partial charge in [-0.1, -0.05) is 133 Å². The Morgan fingerprint density at radius 3 is 0.905 bits per heavy atom. The van der Waals surface area contributed by atoms with Gasteiger partial charge in [-0.25, -0.2) is 0 Å². The van der Waals surface area contributed by atoms with E-state index < -0.39 is 0 Å². The third kappa shape index (κ3) is 3.15. The lowest BCUT2D eigenvalue weighted by Crippen LogP contribution is -2.28. The molecule has 5 aromatic carbocycles. The molecule has 0 amide bonds. The predicted molar refractivity (Wildman–Crippen MR) is 164 cm³/mol. The molecule has 0 aliphatic heterocycles. The lowest BCUT2D eigenvalue weighted by atomic mass is 9.63. The van der Waals surface area contributed by atoms with Crippen molar-refractivity contribution in [3.05, 3.63) is 200 Å². The summed E-state index contributed by atoms with van der Waals surface area (Å²) in [5.74, 6) is 0.0976. The fraction of sp³-hybridized carbons (Fsp3) is 0.100. The Morgan fingerprint density at radius 1 is 0.357 bits per heavy atom. The highest BCUT2D eigenvalue weighted by Gasteiger charge is 2.42. The fourth-order valence-corrected chi connectivity index (χ4v) is 8.00. The van der Waals surface area contributed by atoms with Gasteiger partial charge in [0.15, 0.2) is 11.6 Å². The summed E-state index contributed by atoms with van der Waals surface area (Å²) < 4.78 is 0. The summed E-state index contributed by atoms with van der Waals surface area (Å²) in [7, 11) is 0. The van der Waals surface area contributed by atoms with Crippen LogP contribution in [0, 0.1) is 0 Å². The molecule has 0 saturated carbocycles. The smallest absolute Gasteiger partial charge is 0.189 e. The Morgan fingerprint density at radius 2 is 0.619 bits per heavy atom. The molecule has 0 atom stereocenters. The highest BCUT2D eigenvalue weighted by molar-refractivity contribution is 6.13. The first-order valence-corrected chi connectivity index (χ1v) is 14.7. The molecule has 2 heteroatoms. The van der Waals surface area contributed by atoms with Gasteiger partial charge in [-0.2, -0.15) is 0 Å². The van der Waals surface area contributed by atoms with Gasteiger partial charge in [-0.3, -0.25) is 9.59 Å². The minimum absolute atomic E-state index is 0.0341. The third-order valence-electron chi connectivity index (χ3n) is 9.82. The van der Waals surface area contributed by atoms with Crippen LogP contribution in [0.1, 0.15) is 88.9 Å². The number of ketones is 2. The number of hydrogen-bond donors (Lipinski definition) is 0. The first-order valence-electron chi connectivity index (χ1n) is 14.7. The summed E-state index contributed by atoms with van der Waals surface area (Å²) in [4.78, 5) is 28.0. The molecular weight excluding hydrogens is 512 g/mol. The van der Waals surface area contributed by atoms with Crippen LogP contribution < -0.4 is 0 Å². The van der Waals surface area contributed by atoms with Crippen LogP contribution in [0.15, 0.2) is 145 Å². The molecule has 0 unspecified atom stereocenters. The normalized spacial score (nSPS) is 21.8. The molecule has 0 heterocycles. The van der Waals surface area contributed by atoms with Crippen molar-refractivity contribution in [2.75, 3.05) is 0 Å². The van der Waals surface area contributed by atoms with Gasteiger partial charge >= 0.3 is 0 Å². The summed E-state index contributed by atoms with van der Waals surface area (Å²) in [6.07, 6.45) is 4.32. The zero-order valence-electron chi connectivity index (χ0n) is 22.8. The van der Waals surface area contributed by atoms with Gasteiger partial charge in [0.25, 0.3) is 0 Å². The molecule has 0 aromatic heterocycles. The van der Waals surface area contributed by atoms with Crippen molar-refractivity contribution in [1.29, 1.82) is 0 Å². The highest BCUT2D eigenvalue weighted by Crippen LogP contribution is 2.54. The molecule has 0 radical (unpaired) electrons.